The average molecular weight is 296 g/mol. The van der Waals surface area contributed by atoms with Gasteiger partial charge < -0.3 is 25.3 Å². The van der Waals surface area contributed by atoms with Gasteiger partial charge in [0.15, 0.2) is 0 Å². The van der Waals surface area contributed by atoms with E-state index in [4.69, 9.17) is 19.9 Å². The highest BCUT2D eigenvalue weighted by atomic mass is 16.5. The Kier molecular flexibility index (Phi) is 6.81. The molecular weight excluding hydrogens is 272 g/mol. The number of carbonyl (C=O) groups excluding carboxylic acids is 1. The Labute approximate surface area is 125 Å². The smallest absolute Gasteiger partial charge is 0.220 e. The van der Waals surface area contributed by atoms with E-state index < -0.39 is 0 Å². The third-order valence-electron chi connectivity index (χ3n) is 3.11. The molecule has 0 saturated heterocycles. The zero-order chi connectivity index (χ0) is 15.8. The maximum Gasteiger partial charge on any atom is 0.220 e. The molecule has 6 nitrogen and oxygen atoms in total. The molecular formula is C15H24N2O4. The first-order valence-corrected chi connectivity index (χ1v) is 6.83. The lowest BCUT2D eigenvalue weighted by atomic mass is 10.1. The molecule has 0 aliphatic rings. The summed E-state index contributed by atoms with van der Waals surface area (Å²) in [5.41, 5.74) is 6.41. The van der Waals surface area contributed by atoms with Gasteiger partial charge in [-0.15, -0.1) is 0 Å². The van der Waals surface area contributed by atoms with E-state index in [1.807, 2.05) is 6.92 Å². The van der Waals surface area contributed by atoms with E-state index in [1.54, 1.807) is 33.5 Å². The largest absolute Gasteiger partial charge is 0.496 e. The first kappa shape index (κ1) is 17.1. The quantitative estimate of drug-likeness (QED) is 0.759. The molecule has 3 N–H and O–H groups in total. The van der Waals surface area contributed by atoms with Gasteiger partial charge in [0.2, 0.25) is 5.91 Å². The van der Waals surface area contributed by atoms with Gasteiger partial charge in [-0.3, -0.25) is 4.79 Å². The lowest BCUT2D eigenvalue weighted by Gasteiger charge is -2.15. The fraction of sp³-hybridized carbons (Fsp3) is 0.533. The Morgan fingerprint density at radius 2 is 1.76 bits per heavy atom. The van der Waals surface area contributed by atoms with E-state index in [-0.39, 0.29) is 11.9 Å². The fourth-order valence-corrected chi connectivity index (χ4v) is 1.89. The Hall–Kier alpha value is -1.95. The highest BCUT2D eigenvalue weighted by Gasteiger charge is 2.14. The summed E-state index contributed by atoms with van der Waals surface area (Å²) in [5, 5.41) is 2.85. The van der Waals surface area contributed by atoms with E-state index in [2.05, 4.69) is 5.32 Å². The number of rotatable bonds is 8. The van der Waals surface area contributed by atoms with Crippen LogP contribution in [0.25, 0.3) is 0 Å². The summed E-state index contributed by atoms with van der Waals surface area (Å²) in [6.07, 6.45) is 1.06. The van der Waals surface area contributed by atoms with Crippen LogP contribution in [0.5, 0.6) is 17.2 Å². The van der Waals surface area contributed by atoms with Crippen LogP contribution in [0.4, 0.5) is 0 Å². The minimum absolute atomic E-state index is 0.0146. The van der Waals surface area contributed by atoms with Gasteiger partial charge in [0.05, 0.1) is 33.4 Å². The molecule has 0 fully saturated rings. The topological polar surface area (TPSA) is 82.8 Å². The minimum atomic E-state index is -0.0489. The number of hydrogen-bond donors (Lipinski definition) is 2. The Morgan fingerprint density at radius 1 is 1.19 bits per heavy atom. The van der Waals surface area contributed by atoms with Gasteiger partial charge in [-0.1, -0.05) is 0 Å². The first-order chi connectivity index (χ1) is 10.0. The zero-order valence-electron chi connectivity index (χ0n) is 13.1. The molecule has 0 radical (unpaired) electrons. The molecule has 1 unspecified atom stereocenters. The van der Waals surface area contributed by atoms with E-state index in [0.29, 0.717) is 36.6 Å². The standard InChI is InChI=1S/C15H24N2O4/c1-10(16)5-6-15(18)17-9-12-13(20-3)7-11(19-2)8-14(12)21-4/h7-8,10H,5-6,9,16H2,1-4H3,(H,17,18). The van der Waals surface area contributed by atoms with Crippen molar-refractivity contribution in [2.75, 3.05) is 21.3 Å². The molecule has 1 rings (SSSR count). The van der Waals surface area contributed by atoms with Gasteiger partial charge in [-0.2, -0.15) is 0 Å². The maximum absolute atomic E-state index is 11.8. The van der Waals surface area contributed by atoms with E-state index in [9.17, 15) is 4.79 Å². The molecule has 0 aliphatic carbocycles. The van der Waals surface area contributed by atoms with E-state index in [1.165, 1.54) is 0 Å². The van der Waals surface area contributed by atoms with Crippen LogP contribution >= 0.6 is 0 Å². The molecule has 21 heavy (non-hydrogen) atoms. The Balaban J connectivity index is 2.79. The third kappa shape index (κ3) is 5.15. The summed E-state index contributed by atoms with van der Waals surface area (Å²) in [5.74, 6) is 1.81. The lowest BCUT2D eigenvalue weighted by molar-refractivity contribution is -0.121. The normalized spacial score (nSPS) is 11.7. The second kappa shape index (κ2) is 8.36. The molecule has 1 aromatic carbocycles. The number of benzene rings is 1. The molecule has 0 aromatic heterocycles. The number of nitrogens with one attached hydrogen (secondary N) is 1. The summed E-state index contributed by atoms with van der Waals surface area (Å²) in [7, 11) is 4.70. The van der Waals surface area contributed by atoms with Crippen LogP contribution in [0, 0.1) is 0 Å². The SMILES string of the molecule is COc1cc(OC)c(CNC(=O)CCC(C)N)c(OC)c1. The molecule has 0 heterocycles. The van der Waals surface area contributed by atoms with Crippen molar-refractivity contribution >= 4 is 5.91 Å². The Bertz CT molecular complexity index is 450. The summed E-state index contributed by atoms with van der Waals surface area (Å²) < 4.78 is 15.8. The van der Waals surface area contributed by atoms with Gasteiger partial charge in [0.25, 0.3) is 0 Å². The van der Waals surface area contributed by atoms with Gasteiger partial charge in [-0.25, -0.2) is 0 Å². The minimum Gasteiger partial charge on any atom is -0.496 e. The van der Waals surface area contributed by atoms with Crippen molar-refractivity contribution in [1.82, 2.24) is 5.32 Å². The molecule has 1 amide bonds. The summed E-state index contributed by atoms with van der Waals surface area (Å²) >= 11 is 0. The number of amides is 1. The van der Waals surface area contributed by atoms with E-state index >= 15 is 0 Å². The summed E-state index contributed by atoms with van der Waals surface area (Å²) in [6, 6.07) is 3.53. The number of hydrogen-bond acceptors (Lipinski definition) is 5. The van der Waals surface area contributed by atoms with Gasteiger partial charge in [-0.05, 0) is 13.3 Å². The highest BCUT2D eigenvalue weighted by molar-refractivity contribution is 5.76. The predicted octanol–water partition coefficient (Wildman–Crippen LogP) is 1.46. The van der Waals surface area contributed by atoms with E-state index in [0.717, 1.165) is 5.56 Å². The maximum atomic E-state index is 11.8. The fourth-order valence-electron chi connectivity index (χ4n) is 1.89. The van der Waals surface area contributed by atoms with Crippen molar-refractivity contribution in [3.63, 3.8) is 0 Å². The molecule has 0 aliphatic heterocycles. The van der Waals surface area contributed by atoms with Gasteiger partial charge in [0, 0.05) is 24.6 Å². The second-order valence-corrected chi connectivity index (χ2v) is 4.80. The van der Waals surface area contributed by atoms with Crippen LogP contribution in [-0.2, 0) is 11.3 Å². The van der Waals surface area contributed by atoms with Crippen molar-refractivity contribution < 1.29 is 19.0 Å². The van der Waals surface area contributed by atoms with Crippen molar-refractivity contribution in [2.45, 2.75) is 32.4 Å². The van der Waals surface area contributed by atoms with Gasteiger partial charge >= 0.3 is 0 Å². The number of ether oxygens (including phenoxy) is 3. The van der Waals surface area contributed by atoms with Crippen LogP contribution < -0.4 is 25.3 Å². The van der Waals surface area contributed by atoms with Crippen LogP contribution in [0.15, 0.2) is 12.1 Å². The van der Waals surface area contributed by atoms with Crippen LogP contribution in [0.3, 0.4) is 0 Å². The summed E-state index contributed by atoms with van der Waals surface area (Å²) in [6.45, 7) is 2.21. The first-order valence-electron chi connectivity index (χ1n) is 6.83. The molecule has 1 aromatic rings. The molecule has 0 spiro atoms. The molecule has 6 heteroatoms. The van der Waals surface area contributed by atoms with Crippen molar-refractivity contribution in [2.24, 2.45) is 5.73 Å². The van der Waals surface area contributed by atoms with Crippen molar-refractivity contribution in [1.29, 1.82) is 0 Å². The molecule has 0 bridgehead atoms. The molecule has 118 valence electrons. The van der Waals surface area contributed by atoms with Crippen molar-refractivity contribution in [3.8, 4) is 17.2 Å². The number of methoxy groups -OCH3 is 3. The number of nitrogens with two attached hydrogens (primary N) is 1. The Morgan fingerprint density at radius 3 is 2.19 bits per heavy atom. The average Bonchev–Trinajstić information content (AvgIpc) is 2.49. The lowest BCUT2D eigenvalue weighted by Crippen LogP contribution is -2.25. The molecule has 1 atom stereocenters. The second-order valence-electron chi connectivity index (χ2n) is 4.80. The third-order valence-corrected chi connectivity index (χ3v) is 3.11. The monoisotopic (exact) mass is 296 g/mol. The predicted molar refractivity (Wildman–Crippen MR) is 80.8 cm³/mol. The van der Waals surface area contributed by atoms with Gasteiger partial charge in [0.1, 0.15) is 17.2 Å². The summed E-state index contributed by atoms with van der Waals surface area (Å²) in [4.78, 5) is 11.8. The highest BCUT2D eigenvalue weighted by Crippen LogP contribution is 2.33. The van der Waals surface area contributed by atoms with Crippen LogP contribution in [0.1, 0.15) is 25.3 Å². The van der Waals surface area contributed by atoms with Crippen LogP contribution in [-0.4, -0.2) is 33.3 Å². The molecule has 0 saturated carbocycles. The van der Waals surface area contributed by atoms with Crippen LogP contribution in [0.2, 0.25) is 0 Å². The van der Waals surface area contributed by atoms with Crippen molar-refractivity contribution in [3.05, 3.63) is 17.7 Å². The number of carbonyl (C=O) groups is 1. The zero-order valence-corrected chi connectivity index (χ0v) is 13.1.